The van der Waals surface area contributed by atoms with Crippen molar-refractivity contribution >= 4 is 40.3 Å². The van der Waals surface area contributed by atoms with E-state index in [0.717, 1.165) is 64.9 Å². The van der Waals surface area contributed by atoms with Gasteiger partial charge in [0.1, 0.15) is 18.1 Å². The van der Waals surface area contributed by atoms with Crippen LogP contribution in [0, 0.1) is 17.0 Å². The van der Waals surface area contributed by atoms with Crippen LogP contribution in [-0.4, -0.2) is 23.8 Å². The number of hydrogen-bond acceptors (Lipinski definition) is 7. The Morgan fingerprint density at radius 3 is 1.84 bits per heavy atom. The van der Waals surface area contributed by atoms with E-state index in [4.69, 9.17) is 4.74 Å². The summed E-state index contributed by atoms with van der Waals surface area (Å²) in [6.45, 7) is 6.36. The zero-order valence-electron chi connectivity index (χ0n) is 33.0. The molecule has 2 N–H and O–H groups in total. The average molecular weight is 772 g/mol. The minimum absolute atomic E-state index is 0.0878. The molecule has 0 saturated heterocycles. The molecule has 6 aromatic rings. The first-order valence-electron chi connectivity index (χ1n) is 19.7. The normalized spacial score (nSPS) is 15.9. The van der Waals surface area contributed by atoms with Gasteiger partial charge in [-0.25, -0.2) is 0 Å². The molecule has 2 aliphatic heterocycles. The second kappa shape index (κ2) is 15.9. The number of para-hydroxylation sites is 2. The van der Waals surface area contributed by atoms with Gasteiger partial charge in [0.2, 0.25) is 0 Å². The molecule has 2 amide bonds. The smallest absolute Gasteiger partial charge is 0.276 e. The first-order chi connectivity index (χ1) is 28.2. The number of fused-ring (bicyclic) bond motifs is 2. The maximum atomic E-state index is 14.6. The Labute approximate surface area is 338 Å². The van der Waals surface area contributed by atoms with Crippen LogP contribution in [0.1, 0.15) is 87.6 Å². The van der Waals surface area contributed by atoms with Crippen molar-refractivity contribution < 1.29 is 19.2 Å². The highest BCUT2D eigenvalue weighted by molar-refractivity contribution is 6.13. The maximum Gasteiger partial charge on any atom is 0.276 e. The summed E-state index contributed by atoms with van der Waals surface area (Å²) in [7, 11) is 1.51. The number of nitrogens with zero attached hydrogens (tertiary/aromatic N) is 3. The van der Waals surface area contributed by atoms with E-state index in [1.165, 1.54) is 18.7 Å². The lowest BCUT2D eigenvalue weighted by Crippen LogP contribution is -2.43. The first kappa shape index (κ1) is 38.0. The number of anilines is 4. The van der Waals surface area contributed by atoms with E-state index in [2.05, 4.69) is 55.7 Å². The second-order valence-corrected chi connectivity index (χ2v) is 14.7. The van der Waals surface area contributed by atoms with E-state index < -0.39 is 17.3 Å². The molecule has 292 valence electrons. The molecule has 8 rings (SSSR count). The van der Waals surface area contributed by atoms with Gasteiger partial charge < -0.3 is 15.4 Å². The molecule has 0 saturated carbocycles. The number of aryl methyl sites for hydroxylation is 2. The third kappa shape index (κ3) is 6.80. The molecule has 2 heterocycles. The molecule has 0 aromatic heterocycles. The Morgan fingerprint density at radius 1 is 0.638 bits per heavy atom. The standard InChI is InChI=1S/C48H45N5O5/c1-5-12-31-20-23-33(24-21-31)51-45(49-42-18-9-7-14-38(42)47(51)54)37-17-11-16-36(30(37)3)40-28-34(25-22-32(40)13-6-2)52-46(50-43-19-10-8-15-39(43)48(52)55)41-29-35(58-4)26-27-44(41)53(56)57/h7-11,14-29,45-46,49-50H,5-6,12-13H2,1-4H3. The monoisotopic (exact) mass is 771 g/mol. The first-order valence-corrected chi connectivity index (χ1v) is 19.7. The predicted octanol–water partition coefficient (Wildman–Crippen LogP) is 11.0. The fourth-order valence-corrected chi connectivity index (χ4v) is 8.33. The van der Waals surface area contributed by atoms with E-state index in [-0.39, 0.29) is 17.5 Å². The number of methoxy groups -OCH3 is 1. The topological polar surface area (TPSA) is 117 Å². The number of carbonyl (C=O) groups excluding carboxylic acids is 2. The summed E-state index contributed by atoms with van der Waals surface area (Å²) < 4.78 is 5.50. The number of ether oxygens (including phenoxy) is 1. The fourth-order valence-electron chi connectivity index (χ4n) is 8.33. The minimum Gasteiger partial charge on any atom is -0.497 e. The Bertz CT molecular complexity index is 2550. The molecule has 0 fully saturated rings. The summed E-state index contributed by atoms with van der Waals surface area (Å²) >= 11 is 0. The number of nitro groups is 1. The zero-order chi connectivity index (χ0) is 40.5. The van der Waals surface area contributed by atoms with Crippen LogP contribution in [0.3, 0.4) is 0 Å². The van der Waals surface area contributed by atoms with Crippen LogP contribution in [0.2, 0.25) is 0 Å². The van der Waals surface area contributed by atoms with E-state index >= 15 is 0 Å². The summed E-state index contributed by atoms with van der Waals surface area (Å²) in [5, 5.41) is 19.6. The molecule has 0 spiro atoms. The maximum absolute atomic E-state index is 14.6. The summed E-state index contributed by atoms with van der Waals surface area (Å²) in [4.78, 5) is 44.5. The lowest BCUT2D eigenvalue weighted by atomic mass is 9.89. The zero-order valence-corrected chi connectivity index (χ0v) is 33.0. The molecule has 0 bridgehead atoms. The van der Waals surface area contributed by atoms with Crippen molar-refractivity contribution in [3.8, 4) is 16.9 Å². The number of carbonyl (C=O) groups is 2. The molecule has 2 atom stereocenters. The van der Waals surface area contributed by atoms with Gasteiger partial charge >= 0.3 is 0 Å². The predicted molar refractivity (Wildman–Crippen MR) is 230 cm³/mol. The van der Waals surface area contributed by atoms with Gasteiger partial charge in [-0.3, -0.25) is 29.5 Å². The van der Waals surface area contributed by atoms with Crippen LogP contribution in [0.5, 0.6) is 5.75 Å². The Balaban J connectivity index is 1.28. The summed E-state index contributed by atoms with van der Waals surface area (Å²) in [6, 6.07) is 39.8. The largest absolute Gasteiger partial charge is 0.497 e. The van der Waals surface area contributed by atoms with Gasteiger partial charge in [0, 0.05) is 28.8 Å². The molecule has 10 nitrogen and oxygen atoms in total. The van der Waals surface area contributed by atoms with Crippen LogP contribution >= 0.6 is 0 Å². The van der Waals surface area contributed by atoms with Crippen molar-refractivity contribution in [2.45, 2.75) is 58.8 Å². The van der Waals surface area contributed by atoms with E-state index in [1.807, 2.05) is 71.6 Å². The minimum atomic E-state index is -0.926. The van der Waals surface area contributed by atoms with Gasteiger partial charge in [0.25, 0.3) is 17.5 Å². The van der Waals surface area contributed by atoms with Crippen LogP contribution < -0.4 is 25.2 Å². The fraction of sp³-hybridized carbons (Fsp3) is 0.208. The Hall–Kier alpha value is -6.94. The van der Waals surface area contributed by atoms with Crippen molar-refractivity contribution in [1.82, 2.24) is 0 Å². The van der Waals surface area contributed by atoms with Gasteiger partial charge in [-0.05, 0) is 114 Å². The van der Waals surface area contributed by atoms with Crippen LogP contribution in [0.15, 0.2) is 127 Å². The SMILES string of the molecule is CCCc1ccc(N2C(=O)c3ccccc3NC2c2cccc(-c3cc(N4C(=O)c5ccccc5NC4c4cc(OC)ccc4[N+](=O)[O-])ccc3CCC)c2C)cc1. The van der Waals surface area contributed by atoms with Gasteiger partial charge in [-0.2, -0.15) is 0 Å². The quantitative estimate of drug-likeness (QED) is 0.0994. The summed E-state index contributed by atoms with van der Waals surface area (Å²) in [5.41, 5.74) is 10.0. The van der Waals surface area contributed by atoms with Crippen LogP contribution in [-0.2, 0) is 12.8 Å². The van der Waals surface area contributed by atoms with Gasteiger partial charge in [-0.1, -0.05) is 87.4 Å². The summed E-state index contributed by atoms with van der Waals surface area (Å²) in [5.74, 6) is 0.0545. The molecular weight excluding hydrogens is 727 g/mol. The van der Waals surface area contributed by atoms with Crippen molar-refractivity contribution in [3.05, 3.63) is 176 Å². The number of nitrogens with one attached hydrogen (secondary N) is 2. The van der Waals surface area contributed by atoms with Gasteiger partial charge in [0.05, 0.1) is 28.7 Å². The second-order valence-electron chi connectivity index (χ2n) is 14.7. The highest BCUT2D eigenvalue weighted by Gasteiger charge is 2.39. The molecule has 2 aliphatic rings. The Morgan fingerprint density at radius 2 is 1.22 bits per heavy atom. The summed E-state index contributed by atoms with van der Waals surface area (Å²) in [6.07, 6.45) is 2.22. The molecular formula is C48H45N5O5. The average Bonchev–Trinajstić information content (AvgIpc) is 3.24. The molecule has 10 heteroatoms. The van der Waals surface area contributed by atoms with Crippen LogP contribution in [0.4, 0.5) is 28.4 Å². The van der Waals surface area contributed by atoms with Crippen LogP contribution in [0.25, 0.3) is 11.1 Å². The van der Waals surface area contributed by atoms with Gasteiger partial charge in [-0.15, -0.1) is 0 Å². The number of amides is 2. The van der Waals surface area contributed by atoms with E-state index in [0.29, 0.717) is 33.8 Å². The highest BCUT2D eigenvalue weighted by atomic mass is 16.6. The van der Waals surface area contributed by atoms with Crippen molar-refractivity contribution in [2.75, 3.05) is 27.5 Å². The van der Waals surface area contributed by atoms with Gasteiger partial charge in [0.15, 0.2) is 0 Å². The number of nitro benzene ring substituents is 1. The number of benzene rings is 6. The van der Waals surface area contributed by atoms with E-state index in [1.54, 1.807) is 35.2 Å². The van der Waals surface area contributed by atoms with E-state index in [9.17, 15) is 19.7 Å². The van der Waals surface area contributed by atoms with Crippen molar-refractivity contribution in [2.24, 2.45) is 0 Å². The highest BCUT2D eigenvalue weighted by Crippen LogP contribution is 2.44. The lowest BCUT2D eigenvalue weighted by Gasteiger charge is -2.39. The number of hydrogen-bond donors (Lipinski definition) is 2. The lowest BCUT2D eigenvalue weighted by molar-refractivity contribution is -0.385. The Kier molecular flexibility index (Phi) is 10.4. The molecule has 6 aromatic carbocycles. The van der Waals surface area contributed by atoms with Crippen molar-refractivity contribution in [1.29, 1.82) is 0 Å². The third-order valence-corrected chi connectivity index (χ3v) is 11.2. The molecule has 58 heavy (non-hydrogen) atoms. The third-order valence-electron chi connectivity index (χ3n) is 11.2. The molecule has 0 radical (unpaired) electrons. The number of rotatable bonds is 11. The molecule has 2 unspecified atom stereocenters. The van der Waals surface area contributed by atoms with Crippen molar-refractivity contribution in [3.63, 3.8) is 0 Å². The molecule has 0 aliphatic carbocycles.